The third-order valence-corrected chi connectivity index (χ3v) is 1.96. The van der Waals surface area contributed by atoms with Gasteiger partial charge in [0.25, 0.3) is 0 Å². The van der Waals surface area contributed by atoms with E-state index in [0.717, 1.165) is 12.2 Å². The van der Waals surface area contributed by atoms with Crippen molar-refractivity contribution in [3.63, 3.8) is 0 Å². The number of hydrogen-bond donors (Lipinski definition) is 0. The second kappa shape index (κ2) is 7.00. The van der Waals surface area contributed by atoms with Crippen LogP contribution in [-0.2, 0) is 14.3 Å². The molecule has 0 radical (unpaired) electrons. The van der Waals surface area contributed by atoms with Gasteiger partial charge in [-0.1, -0.05) is 13.2 Å². The van der Waals surface area contributed by atoms with E-state index in [-0.39, 0.29) is 0 Å². The van der Waals surface area contributed by atoms with Gasteiger partial charge in [-0.2, -0.15) is 0 Å². The summed E-state index contributed by atoms with van der Waals surface area (Å²) in [5.74, 6) is -0.262. The minimum Gasteiger partial charge on any atom is -0.455 e. The average molecular weight is 262 g/mol. The Balaban J connectivity index is 2.56. The molecule has 0 saturated carbocycles. The highest BCUT2D eigenvalue weighted by Crippen LogP contribution is 2.19. The molecule has 0 saturated heterocycles. The molecule has 0 fully saturated rings. The minimum atomic E-state index is -0.743. The van der Waals surface area contributed by atoms with Gasteiger partial charge in [0, 0.05) is 19.1 Å². The molecule has 19 heavy (non-hydrogen) atoms. The summed E-state index contributed by atoms with van der Waals surface area (Å²) in [6.07, 6.45) is 1.38. The second-order valence-electron chi connectivity index (χ2n) is 3.42. The molecular weight excluding hydrogens is 248 g/mol. The fourth-order valence-electron chi connectivity index (χ4n) is 1.17. The van der Waals surface area contributed by atoms with Crippen LogP contribution in [0.1, 0.15) is 6.92 Å². The Morgan fingerprint density at radius 1 is 1.05 bits per heavy atom. The van der Waals surface area contributed by atoms with Crippen LogP contribution in [0.3, 0.4) is 0 Å². The van der Waals surface area contributed by atoms with Crippen molar-refractivity contribution in [1.29, 1.82) is 0 Å². The first-order valence-corrected chi connectivity index (χ1v) is 5.49. The summed E-state index contributed by atoms with van der Waals surface area (Å²) in [6.45, 7) is 8.15. The Kier molecular flexibility index (Phi) is 5.35. The van der Waals surface area contributed by atoms with Gasteiger partial charge in [0.05, 0.1) is 0 Å². The van der Waals surface area contributed by atoms with Crippen molar-refractivity contribution >= 4 is 11.9 Å². The van der Waals surface area contributed by atoms with Gasteiger partial charge >= 0.3 is 11.9 Å². The van der Waals surface area contributed by atoms with Crippen LogP contribution < -0.4 is 9.47 Å². The van der Waals surface area contributed by atoms with Crippen LogP contribution in [0, 0.1) is 0 Å². The average Bonchev–Trinajstić information content (AvgIpc) is 2.40. The quantitative estimate of drug-likeness (QED) is 0.340. The summed E-state index contributed by atoms with van der Waals surface area (Å²) in [7, 11) is 0. The van der Waals surface area contributed by atoms with Crippen LogP contribution >= 0.6 is 0 Å². The number of carbonyl (C=O) groups is 2. The molecule has 100 valence electrons. The minimum absolute atomic E-state index is 0.369. The van der Waals surface area contributed by atoms with E-state index in [1.165, 1.54) is 0 Å². The number of ether oxygens (including phenoxy) is 3. The zero-order valence-corrected chi connectivity index (χ0v) is 10.5. The Hall–Kier alpha value is -2.56. The van der Waals surface area contributed by atoms with E-state index in [9.17, 15) is 9.59 Å². The first-order chi connectivity index (χ1) is 9.05. The zero-order valence-electron chi connectivity index (χ0n) is 10.5. The largest absolute Gasteiger partial charge is 0.455 e. The Morgan fingerprint density at radius 3 is 2.11 bits per heavy atom. The van der Waals surface area contributed by atoms with Gasteiger partial charge in [-0.05, 0) is 24.3 Å². The molecule has 5 heteroatoms. The zero-order chi connectivity index (χ0) is 14.3. The molecule has 1 aromatic carbocycles. The lowest BCUT2D eigenvalue weighted by Crippen LogP contribution is -2.19. The van der Waals surface area contributed by atoms with Crippen LogP contribution in [0.5, 0.6) is 11.5 Å². The van der Waals surface area contributed by atoms with Crippen molar-refractivity contribution in [3.8, 4) is 11.5 Å². The summed E-state index contributed by atoms with van der Waals surface area (Å²) in [4.78, 5) is 21.9. The van der Waals surface area contributed by atoms with Crippen molar-refractivity contribution < 1.29 is 23.8 Å². The molecule has 0 heterocycles. The van der Waals surface area contributed by atoms with Gasteiger partial charge in [-0.25, -0.2) is 9.59 Å². The van der Waals surface area contributed by atoms with E-state index in [4.69, 9.17) is 14.2 Å². The normalized spacial score (nSPS) is 11.0. The Labute approximate surface area is 111 Å². The number of hydrogen-bond acceptors (Lipinski definition) is 5. The third-order valence-electron chi connectivity index (χ3n) is 1.96. The van der Waals surface area contributed by atoms with Gasteiger partial charge in [-0.3, -0.25) is 0 Å². The summed E-state index contributed by atoms with van der Waals surface area (Å²) >= 11 is 0. The summed E-state index contributed by atoms with van der Waals surface area (Å²) < 4.78 is 15.1. The summed E-state index contributed by atoms with van der Waals surface area (Å²) in [6, 6.07) is 6.28. The van der Waals surface area contributed by atoms with Gasteiger partial charge in [0.15, 0.2) is 0 Å². The second-order valence-corrected chi connectivity index (χ2v) is 3.42. The lowest BCUT2D eigenvalue weighted by molar-refractivity contribution is -0.155. The molecule has 5 nitrogen and oxygen atoms in total. The van der Waals surface area contributed by atoms with E-state index in [1.54, 1.807) is 31.2 Å². The predicted molar refractivity (Wildman–Crippen MR) is 68.7 cm³/mol. The molecule has 0 aromatic heterocycles. The van der Waals surface area contributed by atoms with E-state index in [1.807, 2.05) is 0 Å². The third kappa shape index (κ3) is 5.08. The number of rotatable bonds is 6. The van der Waals surface area contributed by atoms with Gasteiger partial charge in [0.1, 0.15) is 11.5 Å². The van der Waals surface area contributed by atoms with Crippen LogP contribution in [0.4, 0.5) is 0 Å². The number of esters is 2. The van der Waals surface area contributed by atoms with Gasteiger partial charge in [0.2, 0.25) is 6.29 Å². The maximum atomic E-state index is 11.0. The van der Waals surface area contributed by atoms with E-state index >= 15 is 0 Å². The van der Waals surface area contributed by atoms with E-state index in [2.05, 4.69) is 13.2 Å². The predicted octanol–water partition coefficient (Wildman–Crippen LogP) is 2.23. The fourth-order valence-corrected chi connectivity index (χ4v) is 1.17. The van der Waals surface area contributed by atoms with Crippen LogP contribution in [0.25, 0.3) is 0 Å². The van der Waals surface area contributed by atoms with Gasteiger partial charge in [-0.15, -0.1) is 0 Å². The molecule has 0 bridgehead atoms. The lowest BCUT2D eigenvalue weighted by atomic mass is 10.3. The van der Waals surface area contributed by atoms with Crippen LogP contribution in [0.15, 0.2) is 49.6 Å². The van der Waals surface area contributed by atoms with E-state index < -0.39 is 18.2 Å². The molecule has 0 amide bonds. The fraction of sp³-hybridized carbons (Fsp3) is 0.143. The monoisotopic (exact) mass is 262 g/mol. The molecule has 1 atom stereocenters. The van der Waals surface area contributed by atoms with Crippen molar-refractivity contribution in [3.05, 3.63) is 49.6 Å². The highest BCUT2D eigenvalue weighted by molar-refractivity contribution is 5.83. The maximum absolute atomic E-state index is 11.0. The SMILES string of the molecule is C=CC(=O)Oc1ccc(OC(C)OC(=O)C=C)cc1. The number of carbonyl (C=O) groups excluding carboxylic acids is 2. The molecule has 0 N–H and O–H groups in total. The molecule has 0 spiro atoms. The highest BCUT2D eigenvalue weighted by Gasteiger charge is 2.08. The van der Waals surface area contributed by atoms with Crippen LogP contribution in [0.2, 0.25) is 0 Å². The summed E-state index contributed by atoms with van der Waals surface area (Å²) in [5.41, 5.74) is 0. The topological polar surface area (TPSA) is 61.8 Å². The molecule has 0 aliphatic heterocycles. The number of benzene rings is 1. The standard InChI is InChI=1S/C14H14O5/c1-4-13(15)18-10(3)17-11-6-8-12(9-7-11)19-14(16)5-2/h4-10H,1-2H2,3H3. The summed E-state index contributed by atoms with van der Waals surface area (Å²) in [5, 5.41) is 0. The Bertz CT molecular complexity index is 475. The van der Waals surface area contributed by atoms with Crippen LogP contribution in [-0.4, -0.2) is 18.2 Å². The molecule has 0 aliphatic rings. The van der Waals surface area contributed by atoms with Crippen molar-refractivity contribution in [2.24, 2.45) is 0 Å². The molecule has 1 rings (SSSR count). The molecular formula is C14H14O5. The smallest absolute Gasteiger partial charge is 0.335 e. The lowest BCUT2D eigenvalue weighted by Gasteiger charge is -2.14. The first kappa shape index (κ1) is 14.5. The van der Waals surface area contributed by atoms with Crippen molar-refractivity contribution in [1.82, 2.24) is 0 Å². The van der Waals surface area contributed by atoms with Gasteiger partial charge < -0.3 is 14.2 Å². The molecule has 0 aliphatic carbocycles. The highest BCUT2D eigenvalue weighted by atomic mass is 16.7. The molecule has 1 unspecified atom stereocenters. The Morgan fingerprint density at radius 2 is 1.58 bits per heavy atom. The van der Waals surface area contributed by atoms with Crippen molar-refractivity contribution in [2.75, 3.05) is 0 Å². The molecule has 1 aromatic rings. The van der Waals surface area contributed by atoms with Crippen molar-refractivity contribution in [2.45, 2.75) is 13.2 Å². The maximum Gasteiger partial charge on any atom is 0.335 e. The first-order valence-electron chi connectivity index (χ1n) is 5.49. The van der Waals surface area contributed by atoms with E-state index in [0.29, 0.717) is 11.5 Å².